The Kier molecular flexibility index (Phi) is 2.68. The molecule has 0 amide bonds. The lowest BCUT2D eigenvalue weighted by atomic mass is 10.1. The van der Waals surface area contributed by atoms with E-state index in [0.717, 1.165) is 17.0 Å². The van der Waals surface area contributed by atoms with Gasteiger partial charge in [-0.2, -0.15) is 0 Å². The number of aromatic nitrogens is 1. The highest BCUT2D eigenvalue weighted by atomic mass is 16.5. The first kappa shape index (κ1) is 9.71. The first-order chi connectivity index (χ1) is 7.27. The molecule has 1 heterocycles. The molecule has 1 aromatic heterocycles. The molecule has 0 bridgehead atoms. The van der Waals surface area contributed by atoms with E-state index in [0.29, 0.717) is 0 Å². The Morgan fingerprint density at radius 2 is 1.80 bits per heavy atom. The van der Waals surface area contributed by atoms with Gasteiger partial charge < -0.3 is 4.52 Å². The monoisotopic (exact) mass is 199 g/mol. The molecule has 0 saturated carbocycles. The number of aryl methyl sites for hydroxylation is 2. The van der Waals surface area contributed by atoms with Gasteiger partial charge in [-0.15, -0.1) is 0 Å². The number of rotatable bonds is 2. The Labute approximate surface area is 89.2 Å². The lowest BCUT2D eigenvalue weighted by molar-refractivity contribution is 0.393. The summed E-state index contributed by atoms with van der Waals surface area (Å²) in [5.74, 6) is 0.861. The molecule has 0 aliphatic heterocycles. The SMILES string of the molecule is Cc1noc(C)c1/C=C/c1ccccc1. The van der Waals surface area contributed by atoms with E-state index >= 15 is 0 Å². The van der Waals surface area contributed by atoms with Gasteiger partial charge in [0, 0.05) is 5.56 Å². The van der Waals surface area contributed by atoms with Crippen molar-refractivity contribution in [3.63, 3.8) is 0 Å². The fourth-order valence-electron chi connectivity index (χ4n) is 1.47. The van der Waals surface area contributed by atoms with Crippen molar-refractivity contribution in [1.29, 1.82) is 0 Å². The van der Waals surface area contributed by atoms with Crippen LogP contribution >= 0.6 is 0 Å². The van der Waals surface area contributed by atoms with Gasteiger partial charge in [0.1, 0.15) is 5.76 Å². The molecule has 1 aromatic carbocycles. The summed E-state index contributed by atoms with van der Waals surface area (Å²) in [5, 5.41) is 3.90. The number of hydrogen-bond donors (Lipinski definition) is 0. The Hall–Kier alpha value is -1.83. The van der Waals surface area contributed by atoms with E-state index in [1.54, 1.807) is 0 Å². The van der Waals surface area contributed by atoms with Crippen LogP contribution in [0.2, 0.25) is 0 Å². The normalized spacial score (nSPS) is 11.1. The zero-order chi connectivity index (χ0) is 10.7. The Morgan fingerprint density at radius 1 is 1.07 bits per heavy atom. The minimum Gasteiger partial charge on any atom is -0.361 e. The van der Waals surface area contributed by atoms with Gasteiger partial charge in [-0.1, -0.05) is 41.6 Å². The van der Waals surface area contributed by atoms with E-state index in [4.69, 9.17) is 4.52 Å². The van der Waals surface area contributed by atoms with Crippen LogP contribution in [0.4, 0.5) is 0 Å². The third kappa shape index (κ3) is 2.15. The molecular formula is C13H13NO. The van der Waals surface area contributed by atoms with Gasteiger partial charge >= 0.3 is 0 Å². The zero-order valence-electron chi connectivity index (χ0n) is 8.90. The highest BCUT2D eigenvalue weighted by Gasteiger charge is 2.03. The van der Waals surface area contributed by atoms with E-state index in [2.05, 4.69) is 23.4 Å². The second-order valence-electron chi connectivity index (χ2n) is 3.48. The van der Waals surface area contributed by atoms with Crippen molar-refractivity contribution in [2.75, 3.05) is 0 Å². The third-order valence-electron chi connectivity index (χ3n) is 2.33. The molecule has 0 aliphatic rings. The molecule has 0 atom stereocenters. The fourth-order valence-corrected chi connectivity index (χ4v) is 1.47. The van der Waals surface area contributed by atoms with Crippen LogP contribution in [0.1, 0.15) is 22.6 Å². The topological polar surface area (TPSA) is 26.0 Å². The van der Waals surface area contributed by atoms with Gasteiger partial charge in [0.25, 0.3) is 0 Å². The van der Waals surface area contributed by atoms with Crippen molar-refractivity contribution in [3.05, 3.63) is 52.9 Å². The van der Waals surface area contributed by atoms with E-state index in [1.807, 2.05) is 38.1 Å². The lowest BCUT2D eigenvalue weighted by Gasteiger charge is -1.92. The van der Waals surface area contributed by atoms with Crippen molar-refractivity contribution >= 4 is 12.2 Å². The lowest BCUT2D eigenvalue weighted by Crippen LogP contribution is -1.76. The van der Waals surface area contributed by atoms with Gasteiger partial charge in [0.15, 0.2) is 0 Å². The van der Waals surface area contributed by atoms with Crippen LogP contribution in [0.25, 0.3) is 12.2 Å². The molecule has 15 heavy (non-hydrogen) atoms. The molecule has 0 N–H and O–H groups in total. The summed E-state index contributed by atoms with van der Waals surface area (Å²) in [7, 11) is 0. The average molecular weight is 199 g/mol. The Morgan fingerprint density at radius 3 is 2.40 bits per heavy atom. The molecule has 2 rings (SSSR count). The summed E-state index contributed by atoms with van der Waals surface area (Å²) in [4.78, 5) is 0. The maximum Gasteiger partial charge on any atom is 0.141 e. The van der Waals surface area contributed by atoms with Gasteiger partial charge in [0.05, 0.1) is 5.69 Å². The predicted octanol–water partition coefficient (Wildman–Crippen LogP) is 3.46. The van der Waals surface area contributed by atoms with E-state index in [1.165, 1.54) is 5.56 Å². The average Bonchev–Trinajstić information content (AvgIpc) is 2.58. The van der Waals surface area contributed by atoms with Gasteiger partial charge in [0.2, 0.25) is 0 Å². The van der Waals surface area contributed by atoms with Crippen molar-refractivity contribution < 1.29 is 4.52 Å². The zero-order valence-corrected chi connectivity index (χ0v) is 8.90. The second kappa shape index (κ2) is 4.13. The van der Waals surface area contributed by atoms with E-state index < -0.39 is 0 Å². The summed E-state index contributed by atoms with van der Waals surface area (Å²) in [5.41, 5.74) is 3.18. The predicted molar refractivity (Wildman–Crippen MR) is 61.3 cm³/mol. The molecule has 2 aromatic rings. The third-order valence-corrected chi connectivity index (χ3v) is 2.33. The second-order valence-corrected chi connectivity index (χ2v) is 3.48. The standard InChI is InChI=1S/C13H13NO/c1-10-13(11(2)15-14-10)9-8-12-6-4-3-5-7-12/h3-9H,1-2H3/b9-8+. The van der Waals surface area contributed by atoms with Crippen LogP contribution in [0, 0.1) is 13.8 Å². The summed E-state index contributed by atoms with van der Waals surface area (Å²) in [6, 6.07) is 10.2. The van der Waals surface area contributed by atoms with Crippen molar-refractivity contribution in [1.82, 2.24) is 5.16 Å². The largest absolute Gasteiger partial charge is 0.361 e. The maximum absolute atomic E-state index is 5.08. The van der Waals surface area contributed by atoms with E-state index in [-0.39, 0.29) is 0 Å². The molecule has 2 heteroatoms. The Bertz CT molecular complexity index is 449. The maximum atomic E-state index is 5.08. The fraction of sp³-hybridized carbons (Fsp3) is 0.154. The van der Waals surface area contributed by atoms with Crippen molar-refractivity contribution in [2.45, 2.75) is 13.8 Å². The van der Waals surface area contributed by atoms with Crippen molar-refractivity contribution in [3.8, 4) is 0 Å². The first-order valence-electron chi connectivity index (χ1n) is 4.93. The minimum absolute atomic E-state index is 0.861. The first-order valence-corrected chi connectivity index (χ1v) is 4.93. The highest BCUT2D eigenvalue weighted by Crippen LogP contribution is 2.15. The summed E-state index contributed by atoms with van der Waals surface area (Å²) in [6.07, 6.45) is 4.10. The molecule has 2 nitrogen and oxygen atoms in total. The van der Waals surface area contributed by atoms with Crippen LogP contribution < -0.4 is 0 Å². The molecule has 0 fully saturated rings. The number of benzene rings is 1. The molecule has 76 valence electrons. The minimum atomic E-state index is 0.861. The summed E-state index contributed by atoms with van der Waals surface area (Å²) < 4.78 is 5.08. The molecule has 0 radical (unpaired) electrons. The van der Waals surface area contributed by atoms with Crippen LogP contribution in [-0.2, 0) is 0 Å². The number of nitrogens with zero attached hydrogens (tertiary/aromatic N) is 1. The highest BCUT2D eigenvalue weighted by molar-refractivity contribution is 5.71. The number of hydrogen-bond acceptors (Lipinski definition) is 2. The smallest absolute Gasteiger partial charge is 0.141 e. The molecule has 0 spiro atoms. The van der Waals surface area contributed by atoms with Crippen LogP contribution in [0.5, 0.6) is 0 Å². The molecule has 0 unspecified atom stereocenters. The van der Waals surface area contributed by atoms with Gasteiger partial charge in [-0.3, -0.25) is 0 Å². The quantitative estimate of drug-likeness (QED) is 0.740. The Balaban J connectivity index is 2.26. The van der Waals surface area contributed by atoms with Gasteiger partial charge in [-0.05, 0) is 25.5 Å². The van der Waals surface area contributed by atoms with Gasteiger partial charge in [-0.25, -0.2) is 0 Å². The van der Waals surface area contributed by atoms with Crippen molar-refractivity contribution in [2.24, 2.45) is 0 Å². The summed E-state index contributed by atoms with van der Waals surface area (Å²) in [6.45, 7) is 3.87. The summed E-state index contributed by atoms with van der Waals surface area (Å²) >= 11 is 0. The van der Waals surface area contributed by atoms with Crippen LogP contribution in [0.15, 0.2) is 34.9 Å². The molecule has 0 aliphatic carbocycles. The molecule has 0 saturated heterocycles. The van der Waals surface area contributed by atoms with E-state index in [9.17, 15) is 0 Å². The van der Waals surface area contributed by atoms with Crippen LogP contribution in [0.3, 0.4) is 0 Å². The van der Waals surface area contributed by atoms with Crippen LogP contribution in [-0.4, -0.2) is 5.16 Å². The molecular weight excluding hydrogens is 186 g/mol.